The van der Waals surface area contributed by atoms with Crippen LogP contribution in [0.4, 0.5) is 13.2 Å². The molecule has 0 aromatic carbocycles. The first kappa shape index (κ1) is 9.05. The van der Waals surface area contributed by atoms with Crippen molar-refractivity contribution in [1.29, 1.82) is 0 Å². The Kier molecular flexibility index (Phi) is 2.10. The van der Waals surface area contributed by atoms with Gasteiger partial charge in [-0.15, -0.1) is 0 Å². The Morgan fingerprint density at radius 1 is 1.67 bits per heavy atom. The van der Waals surface area contributed by atoms with E-state index in [0.717, 1.165) is 0 Å². The van der Waals surface area contributed by atoms with E-state index in [2.05, 4.69) is 5.32 Å². The molecule has 0 radical (unpaired) electrons. The number of carboxylic acid groups (broad SMARTS) is 1. The lowest BCUT2D eigenvalue weighted by Crippen LogP contribution is -2.30. The molecule has 12 heavy (non-hydrogen) atoms. The van der Waals surface area contributed by atoms with Gasteiger partial charge in [-0.2, -0.15) is 13.2 Å². The van der Waals surface area contributed by atoms with Crippen LogP contribution in [0, 0.1) is 0 Å². The van der Waals surface area contributed by atoms with Gasteiger partial charge < -0.3 is 5.11 Å². The summed E-state index contributed by atoms with van der Waals surface area (Å²) in [7, 11) is 0. The van der Waals surface area contributed by atoms with E-state index >= 15 is 0 Å². The molecule has 0 aromatic rings. The number of aliphatic carboxylic acids is 1. The molecule has 0 saturated heterocycles. The number of hydrogen-bond acceptors (Lipinski definition) is 2. The van der Waals surface area contributed by atoms with Gasteiger partial charge in [-0.05, 0) is 6.08 Å². The summed E-state index contributed by atoms with van der Waals surface area (Å²) in [5.74, 6) is -1.30. The van der Waals surface area contributed by atoms with Gasteiger partial charge in [-0.1, -0.05) is 0 Å². The van der Waals surface area contributed by atoms with Crippen LogP contribution in [0.25, 0.3) is 0 Å². The van der Waals surface area contributed by atoms with Crippen LogP contribution in [0.5, 0.6) is 0 Å². The summed E-state index contributed by atoms with van der Waals surface area (Å²) >= 11 is 0. The standard InChI is InChI=1S/C6H6F3NO2/c7-6(8,9)3-1-4(5(11)12)10-2-3/h1,4,10H,2H2,(H,11,12)/t4-/m0/s1. The second-order valence-electron chi connectivity index (χ2n) is 2.39. The SMILES string of the molecule is O=C(O)[C@@H]1C=C(C(F)(F)F)CN1. The number of rotatable bonds is 1. The molecule has 1 heterocycles. The summed E-state index contributed by atoms with van der Waals surface area (Å²) in [6.45, 7) is -0.430. The Bertz CT molecular complexity index is 233. The predicted molar refractivity (Wildman–Crippen MR) is 33.6 cm³/mol. The molecule has 0 spiro atoms. The zero-order valence-electron chi connectivity index (χ0n) is 5.85. The minimum Gasteiger partial charge on any atom is -0.480 e. The number of carbonyl (C=O) groups is 1. The van der Waals surface area contributed by atoms with Crippen LogP contribution in [0.2, 0.25) is 0 Å². The van der Waals surface area contributed by atoms with Crippen molar-refractivity contribution in [2.24, 2.45) is 0 Å². The molecule has 0 fully saturated rings. The fourth-order valence-electron chi connectivity index (χ4n) is 0.892. The van der Waals surface area contributed by atoms with Crippen molar-refractivity contribution in [1.82, 2.24) is 5.32 Å². The third-order valence-electron chi connectivity index (χ3n) is 1.51. The first-order valence-corrected chi connectivity index (χ1v) is 3.15. The van der Waals surface area contributed by atoms with E-state index in [9.17, 15) is 18.0 Å². The topological polar surface area (TPSA) is 49.3 Å². The molecule has 0 unspecified atom stereocenters. The molecule has 68 valence electrons. The van der Waals surface area contributed by atoms with E-state index in [0.29, 0.717) is 6.08 Å². The fourth-order valence-corrected chi connectivity index (χ4v) is 0.892. The van der Waals surface area contributed by atoms with Crippen LogP contribution in [0.1, 0.15) is 0 Å². The van der Waals surface area contributed by atoms with Gasteiger partial charge in [0.15, 0.2) is 0 Å². The molecule has 6 heteroatoms. The van der Waals surface area contributed by atoms with E-state index in [1.54, 1.807) is 0 Å². The van der Waals surface area contributed by atoms with Gasteiger partial charge in [-0.3, -0.25) is 10.1 Å². The maximum atomic E-state index is 11.9. The van der Waals surface area contributed by atoms with Crippen molar-refractivity contribution in [3.8, 4) is 0 Å². The lowest BCUT2D eigenvalue weighted by molar-refractivity contribution is -0.137. The summed E-state index contributed by atoms with van der Waals surface area (Å²) in [6.07, 6.45) is -3.74. The maximum Gasteiger partial charge on any atom is 0.413 e. The molecule has 1 aliphatic rings. The molecule has 0 aliphatic carbocycles. The van der Waals surface area contributed by atoms with E-state index in [4.69, 9.17) is 5.11 Å². The Labute approximate surface area is 65.9 Å². The molecule has 2 N–H and O–H groups in total. The zero-order valence-corrected chi connectivity index (χ0v) is 5.85. The largest absolute Gasteiger partial charge is 0.480 e. The predicted octanol–water partition coefficient (Wildman–Crippen LogP) is 0.531. The smallest absolute Gasteiger partial charge is 0.413 e. The molecule has 0 aromatic heterocycles. The molecule has 1 aliphatic heterocycles. The van der Waals surface area contributed by atoms with E-state index < -0.39 is 30.3 Å². The van der Waals surface area contributed by atoms with Crippen LogP contribution in [0.3, 0.4) is 0 Å². The highest BCUT2D eigenvalue weighted by Crippen LogP contribution is 2.27. The summed E-state index contributed by atoms with van der Waals surface area (Å²) in [5.41, 5.74) is -0.824. The first-order valence-electron chi connectivity index (χ1n) is 3.15. The molecule has 3 nitrogen and oxygen atoms in total. The van der Waals surface area contributed by atoms with Crippen LogP contribution < -0.4 is 5.32 Å². The number of halogens is 3. The van der Waals surface area contributed by atoms with Crippen LogP contribution in [-0.4, -0.2) is 29.8 Å². The number of hydrogen-bond donors (Lipinski definition) is 2. The Morgan fingerprint density at radius 3 is 2.50 bits per heavy atom. The summed E-state index contributed by atoms with van der Waals surface area (Å²) in [6, 6.07) is -1.21. The van der Waals surface area contributed by atoms with Crippen molar-refractivity contribution in [2.45, 2.75) is 12.2 Å². The van der Waals surface area contributed by atoms with Crippen molar-refractivity contribution >= 4 is 5.97 Å². The Balaban J connectivity index is 2.73. The highest BCUT2D eigenvalue weighted by atomic mass is 19.4. The van der Waals surface area contributed by atoms with Crippen molar-refractivity contribution in [3.63, 3.8) is 0 Å². The van der Waals surface area contributed by atoms with E-state index in [1.807, 2.05) is 0 Å². The van der Waals surface area contributed by atoms with Gasteiger partial charge >= 0.3 is 12.1 Å². The molecule has 1 rings (SSSR count). The number of alkyl halides is 3. The molecular weight excluding hydrogens is 175 g/mol. The maximum absolute atomic E-state index is 11.9. The molecule has 0 saturated carbocycles. The second kappa shape index (κ2) is 2.78. The highest BCUT2D eigenvalue weighted by molar-refractivity contribution is 5.77. The summed E-state index contributed by atoms with van der Waals surface area (Å²) in [5, 5.41) is 10.5. The minimum atomic E-state index is -4.42. The van der Waals surface area contributed by atoms with Crippen LogP contribution >= 0.6 is 0 Å². The minimum absolute atomic E-state index is 0.430. The third-order valence-corrected chi connectivity index (χ3v) is 1.51. The lowest BCUT2D eigenvalue weighted by atomic mass is 10.2. The van der Waals surface area contributed by atoms with Gasteiger partial charge in [0.2, 0.25) is 0 Å². The normalized spacial score (nSPS) is 23.9. The van der Waals surface area contributed by atoms with E-state index in [1.165, 1.54) is 0 Å². The molecule has 0 bridgehead atoms. The van der Waals surface area contributed by atoms with E-state index in [-0.39, 0.29) is 0 Å². The number of nitrogens with one attached hydrogen (secondary N) is 1. The number of carboxylic acids is 1. The van der Waals surface area contributed by atoms with Crippen molar-refractivity contribution in [2.75, 3.05) is 6.54 Å². The Hall–Kier alpha value is -1.04. The fraction of sp³-hybridized carbons (Fsp3) is 0.500. The van der Waals surface area contributed by atoms with Crippen LogP contribution in [-0.2, 0) is 4.79 Å². The summed E-state index contributed by atoms with van der Waals surface area (Å²) in [4.78, 5) is 10.2. The van der Waals surface area contributed by atoms with Crippen LogP contribution in [0.15, 0.2) is 11.6 Å². The third kappa shape index (κ3) is 1.76. The highest BCUT2D eigenvalue weighted by Gasteiger charge is 2.38. The first-order chi connectivity index (χ1) is 5.41. The summed E-state index contributed by atoms with van der Waals surface area (Å²) < 4.78 is 35.7. The average Bonchev–Trinajstić information content (AvgIpc) is 2.30. The monoisotopic (exact) mass is 181 g/mol. The van der Waals surface area contributed by atoms with Gasteiger partial charge in [0.1, 0.15) is 6.04 Å². The van der Waals surface area contributed by atoms with Gasteiger partial charge in [-0.25, -0.2) is 0 Å². The van der Waals surface area contributed by atoms with Crippen molar-refractivity contribution in [3.05, 3.63) is 11.6 Å². The Morgan fingerprint density at radius 2 is 2.25 bits per heavy atom. The van der Waals surface area contributed by atoms with Gasteiger partial charge in [0.25, 0.3) is 0 Å². The molecule has 1 atom stereocenters. The van der Waals surface area contributed by atoms with Gasteiger partial charge in [0.05, 0.1) is 0 Å². The second-order valence-corrected chi connectivity index (χ2v) is 2.39. The lowest BCUT2D eigenvalue weighted by Gasteiger charge is -2.04. The van der Waals surface area contributed by atoms with Crippen molar-refractivity contribution < 1.29 is 23.1 Å². The quantitative estimate of drug-likeness (QED) is 0.580. The average molecular weight is 181 g/mol. The molecule has 0 amide bonds. The van der Waals surface area contributed by atoms with Gasteiger partial charge in [0, 0.05) is 12.1 Å². The molecular formula is C6H6F3NO2. The zero-order chi connectivity index (χ0) is 9.35.